The predicted octanol–water partition coefficient (Wildman–Crippen LogP) is 3.26. The molecular weight excluding hydrogens is 400 g/mol. The zero-order valence-electron chi connectivity index (χ0n) is 16.9. The van der Waals surface area contributed by atoms with Crippen LogP contribution in [0.2, 0.25) is 0 Å². The van der Waals surface area contributed by atoms with Gasteiger partial charge in [0.25, 0.3) is 0 Å². The molecule has 2 heterocycles. The van der Waals surface area contributed by atoms with E-state index in [1.807, 2.05) is 47.0 Å². The fourth-order valence-corrected chi connectivity index (χ4v) is 3.64. The van der Waals surface area contributed by atoms with Gasteiger partial charge in [-0.3, -0.25) is 15.1 Å². The molecule has 0 bridgehead atoms. The topological polar surface area (TPSA) is 102 Å². The van der Waals surface area contributed by atoms with Gasteiger partial charge >= 0.3 is 6.03 Å². The van der Waals surface area contributed by atoms with Gasteiger partial charge in [0.1, 0.15) is 0 Å². The van der Waals surface area contributed by atoms with Crippen molar-refractivity contribution < 1.29 is 9.59 Å². The predicted molar refractivity (Wildman–Crippen MR) is 116 cm³/mol. The number of rotatable bonds is 8. The Bertz CT molecular complexity index is 978. The second-order valence-electron chi connectivity index (χ2n) is 6.61. The SMILES string of the molecule is CCCn1c(SC(C)C(=O)NC(=O)NCc2ccccc2)nnc1-c1ccncc1. The second kappa shape index (κ2) is 10.5. The lowest BCUT2D eigenvalue weighted by Gasteiger charge is -2.13. The van der Waals surface area contributed by atoms with Crippen LogP contribution >= 0.6 is 11.8 Å². The molecule has 3 rings (SSSR count). The smallest absolute Gasteiger partial charge is 0.321 e. The van der Waals surface area contributed by atoms with Crippen LogP contribution in [0.3, 0.4) is 0 Å². The Morgan fingerprint density at radius 2 is 1.83 bits per heavy atom. The summed E-state index contributed by atoms with van der Waals surface area (Å²) in [6, 6.07) is 12.7. The number of aromatic nitrogens is 4. The lowest BCUT2D eigenvalue weighted by molar-refractivity contribution is -0.119. The largest absolute Gasteiger partial charge is 0.334 e. The van der Waals surface area contributed by atoms with Gasteiger partial charge in [-0.15, -0.1) is 10.2 Å². The van der Waals surface area contributed by atoms with Gasteiger partial charge < -0.3 is 9.88 Å². The number of amides is 3. The number of hydrogen-bond acceptors (Lipinski definition) is 6. The highest BCUT2D eigenvalue weighted by Crippen LogP contribution is 2.27. The van der Waals surface area contributed by atoms with Crippen LogP contribution in [-0.4, -0.2) is 36.9 Å². The van der Waals surface area contributed by atoms with Crippen molar-refractivity contribution in [3.63, 3.8) is 0 Å². The zero-order valence-corrected chi connectivity index (χ0v) is 17.7. The summed E-state index contributed by atoms with van der Waals surface area (Å²) in [4.78, 5) is 28.5. The highest BCUT2D eigenvalue weighted by Gasteiger charge is 2.22. The third-order valence-corrected chi connectivity index (χ3v) is 5.37. The van der Waals surface area contributed by atoms with E-state index in [4.69, 9.17) is 0 Å². The minimum Gasteiger partial charge on any atom is -0.334 e. The van der Waals surface area contributed by atoms with Crippen molar-refractivity contribution in [2.45, 2.75) is 43.8 Å². The van der Waals surface area contributed by atoms with Crippen LogP contribution in [0, 0.1) is 0 Å². The van der Waals surface area contributed by atoms with E-state index in [-0.39, 0.29) is 5.91 Å². The maximum Gasteiger partial charge on any atom is 0.321 e. The molecule has 0 aliphatic carbocycles. The summed E-state index contributed by atoms with van der Waals surface area (Å²) in [5, 5.41) is 13.7. The number of urea groups is 1. The molecule has 3 amide bonds. The van der Waals surface area contributed by atoms with Gasteiger partial charge in [0.2, 0.25) is 5.91 Å². The monoisotopic (exact) mass is 424 g/mol. The molecule has 1 unspecified atom stereocenters. The quantitative estimate of drug-likeness (QED) is 0.538. The minimum atomic E-state index is -0.524. The van der Waals surface area contributed by atoms with Crippen LogP contribution in [0.4, 0.5) is 4.79 Å². The van der Waals surface area contributed by atoms with E-state index in [1.165, 1.54) is 11.8 Å². The summed E-state index contributed by atoms with van der Waals surface area (Å²) in [6.07, 6.45) is 4.31. The standard InChI is InChI=1S/C21H24N6O2S/c1-3-13-27-18(17-9-11-22-12-10-17)25-26-21(27)30-15(2)19(28)24-20(29)23-14-16-7-5-4-6-8-16/h4-12,15H,3,13-14H2,1-2H3,(H2,23,24,28,29). The number of benzene rings is 1. The molecule has 0 fully saturated rings. The van der Waals surface area contributed by atoms with Gasteiger partial charge in [-0.05, 0) is 31.0 Å². The fourth-order valence-electron chi connectivity index (χ4n) is 2.76. The fraction of sp³-hybridized carbons (Fsp3) is 0.286. The summed E-state index contributed by atoms with van der Waals surface area (Å²) >= 11 is 1.27. The van der Waals surface area contributed by atoms with E-state index in [0.29, 0.717) is 11.7 Å². The number of hydrogen-bond donors (Lipinski definition) is 2. The lowest BCUT2D eigenvalue weighted by Crippen LogP contribution is -2.42. The number of pyridine rings is 1. The summed E-state index contributed by atoms with van der Waals surface area (Å²) in [6.45, 7) is 4.88. The molecule has 8 nitrogen and oxygen atoms in total. The Hall–Kier alpha value is -3.20. The Kier molecular flexibility index (Phi) is 7.56. The molecule has 9 heteroatoms. The molecular formula is C21H24N6O2S. The normalized spacial score (nSPS) is 11.7. The summed E-state index contributed by atoms with van der Waals surface area (Å²) in [5.41, 5.74) is 1.87. The Labute approximate surface area is 179 Å². The van der Waals surface area contributed by atoms with E-state index in [9.17, 15) is 9.59 Å². The van der Waals surface area contributed by atoms with Gasteiger partial charge in [0, 0.05) is 31.0 Å². The van der Waals surface area contributed by atoms with Crippen molar-refractivity contribution in [1.29, 1.82) is 0 Å². The van der Waals surface area contributed by atoms with E-state index < -0.39 is 11.3 Å². The van der Waals surface area contributed by atoms with Gasteiger partial charge in [0.15, 0.2) is 11.0 Å². The Balaban J connectivity index is 1.60. The molecule has 0 saturated heterocycles. The number of carbonyl (C=O) groups excluding carboxylic acids is 2. The molecule has 1 atom stereocenters. The third-order valence-electron chi connectivity index (χ3n) is 4.29. The van der Waals surface area contributed by atoms with Crippen molar-refractivity contribution in [3.8, 4) is 11.4 Å². The molecule has 0 spiro atoms. The lowest BCUT2D eigenvalue weighted by atomic mass is 10.2. The molecule has 0 aliphatic rings. The number of thioether (sulfide) groups is 1. The van der Waals surface area contributed by atoms with Crippen LogP contribution in [-0.2, 0) is 17.9 Å². The second-order valence-corrected chi connectivity index (χ2v) is 7.92. The number of carbonyl (C=O) groups is 2. The van der Waals surface area contributed by atoms with Crippen molar-refractivity contribution in [3.05, 3.63) is 60.4 Å². The first kappa shape index (κ1) is 21.5. The highest BCUT2D eigenvalue weighted by atomic mass is 32.2. The first-order chi connectivity index (χ1) is 14.6. The van der Waals surface area contributed by atoms with Crippen molar-refractivity contribution in [2.24, 2.45) is 0 Å². The number of imide groups is 1. The van der Waals surface area contributed by atoms with Crippen LogP contribution < -0.4 is 10.6 Å². The van der Waals surface area contributed by atoms with Crippen LogP contribution in [0.25, 0.3) is 11.4 Å². The molecule has 0 aliphatic heterocycles. The molecule has 3 aromatic rings. The minimum absolute atomic E-state index is 0.349. The summed E-state index contributed by atoms with van der Waals surface area (Å²) in [5.74, 6) is 0.344. The molecule has 1 aromatic carbocycles. The van der Waals surface area contributed by atoms with Gasteiger partial charge in [-0.1, -0.05) is 49.0 Å². The first-order valence-corrected chi connectivity index (χ1v) is 10.6. The molecule has 0 saturated carbocycles. The number of nitrogens with zero attached hydrogens (tertiary/aromatic N) is 4. The van der Waals surface area contributed by atoms with E-state index in [0.717, 1.165) is 29.9 Å². The molecule has 2 N–H and O–H groups in total. The average Bonchev–Trinajstić information content (AvgIpc) is 3.16. The maximum atomic E-state index is 12.5. The van der Waals surface area contributed by atoms with Crippen molar-refractivity contribution >= 4 is 23.7 Å². The Morgan fingerprint density at radius 3 is 2.53 bits per heavy atom. The molecule has 0 radical (unpaired) electrons. The third kappa shape index (κ3) is 5.66. The first-order valence-electron chi connectivity index (χ1n) is 9.71. The number of nitrogens with one attached hydrogen (secondary N) is 2. The van der Waals surface area contributed by atoms with Gasteiger partial charge in [-0.2, -0.15) is 0 Å². The molecule has 156 valence electrons. The highest BCUT2D eigenvalue weighted by molar-refractivity contribution is 8.00. The van der Waals surface area contributed by atoms with Crippen molar-refractivity contribution in [2.75, 3.05) is 0 Å². The summed E-state index contributed by atoms with van der Waals surface area (Å²) in [7, 11) is 0. The van der Waals surface area contributed by atoms with Crippen molar-refractivity contribution in [1.82, 2.24) is 30.4 Å². The zero-order chi connectivity index (χ0) is 21.3. The molecule has 2 aromatic heterocycles. The summed E-state index contributed by atoms with van der Waals surface area (Å²) < 4.78 is 1.99. The molecule has 30 heavy (non-hydrogen) atoms. The Morgan fingerprint density at radius 1 is 1.10 bits per heavy atom. The van der Waals surface area contributed by atoms with Crippen LogP contribution in [0.15, 0.2) is 60.0 Å². The van der Waals surface area contributed by atoms with E-state index in [2.05, 4.69) is 32.7 Å². The van der Waals surface area contributed by atoms with Gasteiger partial charge in [0.05, 0.1) is 5.25 Å². The average molecular weight is 425 g/mol. The maximum absolute atomic E-state index is 12.5. The van der Waals surface area contributed by atoms with Crippen LogP contribution in [0.5, 0.6) is 0 Å². The van der Waals surface area contributed by atoms with E-state index in [1.54, 1.807) is 19.3 Å². The van der Waals surface area contributed by atoms with E-state index >= 15 is 0 Å². The van der Waals surface area contributed by atoms with Crippen LogP contribution in [0.1, 0.15) is 25.8 Å². The van der Waals surface area contributed by atoms with Gasteiger partial charge in [-0.25, -0.2) is 4.79 Å².